The number of carboxylic acid groups (broad SMARTS) is 1. The number of hydrogen-bond donors (Lipinski definition) is 2. The summed E-state index contributed by atoms with van der Waals surface area (Å²) in [6, 6.07) is 2.87. The molecule has 0 radical (unpaired) electrons. The Morgan fingerprint density at radius 2 is 1.76 bits per heavy atom. The summed E-state index contributed by atoms with van der Waals surface area (Å²) in [4.78, 5) is 15.0. The highest BCUT2D eigenvalue weighted by Crippen LogP contribution is 2.15. The van der Waals surface area contributed by atoms with Gasteiger partial charge in [-0.15, -0.1) is 0 Å². The summed E-state index contributed by atoms with van der Waals surface area (Å²) < 4.78 is 0. The lowest BCUT2D eigenvalue weighted by atomic mass is 10.1. The van der Waals surface area contributed by atoms with Crippen LogP contribution in [0.2, 0.25) is 5.15 Å². The maximum atomic E-state index is 10.9. The normalized spacial score (nSPS) is 10.6. The number of unbranched alkanes of at least 4 members (excludes halogenated alkanes) is 7. The third-order valence-electron chi connectivity index (χ3n) is 3.38. The van der Waals surface area contributed by atoms with Crippen LogP contribution in [-0.2, 0) is 0 Å². The molecular formula is C16H25ClN2O2. The van der Waals surface area contributed by atoms with Crippen molar-refractivity contribution in [3.8, 4) is 0 Å². The Balaban J connectivity index is 2.17. The first kappa shape index (κ1) is 17.8. The largest absolute Gasteiger partial charge is 0.478 e. The molecular weight excluding hydrogens is 288 g/mol. The molecule has 1 aromatic heterocycles. The molecule has 0 fully saturated rings. The van der Waals surface area contributed by atoms with Gasteiger partial charge in [-0.25, -0.2) is 9.78 Å². The fourth-order valence-corrected chi connectivity index (χ4v) is 2.39. The van der Waals surface area contributed by atoms with E-state index in [1.54, 1.807) is 0 Å². The second-order valence-corrected chi connectivity index (χ2v) is 5.66. The second kappa shape index (κ2) is 10.4. The van der Waals surface area contributed by atoms with E-state index in [0.717, 1.165) is 13.0 Å². The van der Waals surface area contributed by atoms with Gasteiger partial charge in [-0.1, -0.05) is 63.5 Å². The van der Waals surface area contributed by atoms with Gasteiger partial charge in [-0.05, 0) is 18.6 Å². The van der Waals surface area contributed by atoms with Crippen molar-refractivity contribution >= 4 is 23.4 Å². The number of rotatable bonds is 11. The molecule has 0 unspecified atom stereocenters. The number of anilines is 1. The number of carboxylic acids is 1. The molecule has 0 amide bonds. The molecule has 0 saturated carbocycles. The summed E-state index contributed by atoms with van der Waals surface area (Å²) in [6.07, 6.45) is 10.1. The molecule has 0 spiro atoms. The highest BCUT2D eigenvalue weighted by atomic mass is 35.5. The Labute approximate surface area is 131 Å². The number of nitrogens with one attached hydrogen (secondary N) is 1. The number of hydrogen-bond acceptors (Lipinski definition) is 3. The number of pyridine rings is 1. The van der Waals surface area contributed by atoms with Crippen LogP contribution in [0.3, 0.4) is 0 Å². The van der Waals surface area contributed by atoms with E-state index < -0.39 is 5.97 Å². The predicted octanol–water partition coefficient (Wildman–Crippen LogP) is 4.99. The smallest absolute Gasteiger partial charge is 0.335 e. The monoisotopic (exact) mass is 312 g/mol. The van der Waals surface area contributed by atoms with E-state index in [1.165, 1.54) is 57.1 Å². The van der Waals surface area contributed by atoms with E-state index >= 15 is 0 Å². The molecule has 0 atom stereocenters. The summed E-state index contributed by atoms with van der Waals surface area (Å²) in [7, 11) is 0. The zero-order valence-corrected chi connectivity index (χ0v) is 13.5. The molecule has 0 aromatic carbocycles. The van der Waals surface area contributed by atoms with Crippen molar-refractivity contribution in [1.82, 2.24) is 4.98 Å². The third-order valence-corrected chi connectivity index (χ3v) is 3.57. The fraction of sp³-hybridized carbons (Fsp3) is 0.625. The Morgan fingerprint density at radius 3 is 2.38 bits per heavy atom. The topological polar surface area (TPSA) is 62.2 Å². The minimum Gasteiger partial charge on any atom is -0.478 e. The van der Waals surface area contributed by atoms with Crippen molar-refractivity contribution in [2.45, 2.75) is 58.3 Å². The first-order chi connectivity index (χ1) is 10.1. The van der Waals surface area contributed by atoms with Crippen molar-refractivity contribution in [1.29, 1.82) is 0 Å². The van der Waals surface area contributed by atoms with Crippen LogP contribution >= 0.6 is 11.6 Å². The maximum absolute atomic E-state index is 10.9. The summed E-state index contributed by atoms with van der Waals surface area (Å²) in [5.74, 6) is -0.461. The molecule has 118 valence electrons. The van der Waals surface area contributed by atoms with Crippen molar-refractivity contribution in [2.75, 3.05) is 11.9 Å². The lowest BCUT2D eigenvalue weighted by molar-refractivity contribution is 0.0697. The van der Waals surface area contributed by atoms with Gasteiger partial charge in [0.2, 0.25) is 0 Å². The van der Waals surface area contributed by atoms with Crippen LogP contribution in [0.5, 0.6) is 0 Å². The molecule has 1 rings (SSSR count). The molecule has 0 bridgehead atoms. The molecule has 5 heteroatoms. The fourth-order valence-electron chi connectivity index (χ4n) is 2.19. The Bertz CT molecular complexity index is 438. The van der Waals surface area contributed by atoms with Crippen LogP contribution in [0.1, 0.15) is 68.6 Å². The van der Waals surface area contributed by atoms with Gasteiger partial charge in [0.1, 0.15) is 11.0 Å². The first-order valence-electron chi connectivity index (χ1n) is 7.78. The maximum Gasteiger partial charge on any atom is 0.335 e. The van der Waals surface area contributed by atoms with E-state index in [-0.39, 0.29) is 10.7 Å². The SMILES string of the molecule is CCCCCCCCCCNc1cc(C(=O)O)cc(Cl)n1. The first-order valence-corrected chi connectivity index (χ1v) is 8.16. The minimum absolute atomic E-state index is 0.161. The average Bonchev–Trinajstić information content (AvgIpc) is 2.45. The molecule has 21 heavy (non-hydrogen) atoms. The number of nitrogens with zero attached hydrogens (tertiary/aromatic N) is 1. The average molecular weight is 313 g/mol. The molecule has 1 aromatic rings. The lowest BCUT2D eigenvalue weighted by Crippen LogP contribution is -2.06. The Morgan fingerprint density at radius 1 is 1.14 bits per heavy atom. The summed E-state index contributed by atoms with van der Waals surface area (Å²) in [5, 5.41) is 12.3. The molecule has 2 N–H and O–H groups in total. The molecule has 0 aliphatic heterocycles. The molecule has 1 heterocycles. The summed E-state index contributed by atoms with van der Waals surface area (Å²) in [6.45, 7) is 3.02. The van der Waals surface area contributed by atoms with Gasteiger partial charge in [0.25, 0.3) is 0 Å². The number of aromatic carboxylic acids is 1. The van der Waals surface area contributed by atoms with Crippen LogP contribution in [0.25, 0.3) is 0 Å². The molecule has 0 saturated heterocycles. The van der Waals surface area contributed by atoms with Crippen LogP contribution in [0.15, 0.2) is 12.1 Å². The Hall–Kier alpha value is -1.29. The third kappa shape index (κ3) is 7.90. The summed E-state index contributed by atoms with van der Waals surface area (Å²) >= 11 is 5.80. The predicted molar refractivity (Wildman–Crippen MR) is 87.3 cm³/mol. The van der Waals surface area contributed by atoms with E-state index in [9.17, 15) is 4.79 Å². The van der Waals surface area contributed by atoms with Gasteiger partial charge >= 0.3 is 5.97 Å². The van der Waals surface area contributed by atoms with E-state index in [1.807, 2.05) is 0 Å². The van der Waals surface area contributed by atoms with Crippen molar-refractivity contribution < 1.29 is 9.90 Å². The van der Waals surface area contributed by atoms with Crippen LogP contribution < -0.4 is 5.32 Å². The molecule has 0 aliphatic rings. The van der Waals surface area contributed by atoms with E-state index in [0.29, 0.717) is 5.82 Å². The van der Waals surface area contributed by atoms with Crippen LogP contribution in [0, 0.1) is 0 Å². The van der Waals surface area contributed by atoms with E-state index in [2.05, 4.69) is 17.2 Å². The standard InChI is InChI=1S/C16H25ClN2O2/c1-2-3-4-5-6-7-8-9-10-18-15-12-13(16(20)21)11-14(17)19-15/h11-12H,2-10H2,1H3,(H,18,19)(H,20,21). The molecule has 0 aliphatic carbocycles. The zero-order valence-electron chi connectivity index (χ0n) is 12.7. The van der Waals surface area contributed by atoms with Crippen LogP contribution in [0.4, 0.5) is 5.82 Å². The number of halogens is 1. The highest BCUT2D eigenvalue weighted by molar-refractivity contribution is 6.29. The Kier molecular flexibility index (Phi) is 8.83. The van der Waals surface area contributed by atoms with Gasteiger partial charge in [-0.3, -0.25) is 0 Å². The van der Waals surface area contributed by atoms with Gasteiger partial charge in [0.15, 0.2) is 0 Å². The van der Waals surface area contributed by atoms with Gasteiger partial charge in [-0.2, -0.15) is 0 Å². The lowest BCUT2D eigenvalue weighted by Gasteiger charge is -2.07. The zero-order chi connectivity index (χ0) is 15.5. The van der Waals surface area contributed by atoms with Crippen molar-refractivity contribution in [3.05, 3.63) is 22.8 Å². The van der Waals surface area contributed by atoms with Crippen molar-refractivity contribution in [3.63, 3.8) is 0 Å². The van der Waals surface area contributed by atoms with Crippen LogP contribution in [-0.4, -0.2) is 22.6 Å². The van der Waals surface area contributed by atoms with E-state index in [4.69, 9.17) is 16.7 Å². The summed E-state index contributed by atoms with van der Waals surface area (Å²) in [5.41, 5.74) is 0.161. The quantitative estimate of drug-likeness (QED) is 0.446. The second-order valence-electron chi connectivity index (χ2n) is 5.27. The molecule has 4 nitrogen and oxygen atoms in total. The minimum atomic E-state index is -0.991. The van der Waals surface area contributed by atoms with Gasteiger partial charge in [0.05, 0.1) is 5.56 Å². The number of carbonyl (C=O) groups is 1. The van der Waals surface area contributed by atoms with Gasteiger partial charge in [0, 0.05) is 6.54 Å². The highest BCUT2D eigenvalue weighted by Gasteiger charge is 2.06. The van der Waals surface area contributed by atoms with Crippen molar-refractivity contribution in [2.24, 2.45) is 0 Å². The number of aromatic nitrogens is 1. The van der Waals surface area contributed by atoms with Gasteiger partial charge < -0.3 is 10.4 Å².